The van der Waals surface area contributed by atoms with Gasteiger partial charge in [-0.25, -0.2) is 0 Å². The second-order valence-corrected chi connectivity index (χ2v) is 6.37. The van der Waals surface area contributed by atoms with E-state index in [-0.39, 0.29) is 24.1 Å². The van der Waals surface area contributed by atoms with Gasteiger partial charge < -0.3 is 14.6 Å². The van der Waals surface area contributed by atoms with E-state index in [9.17, 15) is 9.59 Å². The Hall–Kier alpha value is -1.87. The van der Waals surface area contributed by atoms with Crippen molar-refractivity contribution in [3.8, 4) is 10.8 Å². The third-order valence-electron chi connectivity index (χ3n) is 2.90. The molecule has 124 valence electrons. The number of carbonyl (C=O) groups excluding carboxylic acids is 2. The van der Waals surface area contributed by atoms with E-state index in [0.717, 1.165) is 4.88 Å². The van der Waals surface area contributed by atoms with Crippen molar-refractivity contribution in [2.45, 2.75) is 19.1 Å². The summed E-state index contributed by atoms with van der Waals surface area (Å²) in [4.78, 5) is 26.1. The smallest absolute Gasteiger partial charge is 0.277 e. The number of thiophene rings is 1. The summed E-state index contributed by atoms with van der Waals surface area (Å²) < 4.78 is 5.51. The molecule has 1 N–H and O–H groups in total. The van der Waals surface area contributed by atoms with E-state index in [4.69, 9.17) is 4.42 Å². The zero-order chi connectivity index (χ0) is 16.7. The molecule has 9 heteroatoms. The zero-order valence-corrected chi connectivity index (χ0v) is 14.6. The number of aromatic nitrogens is 2. The topological polar surface area (TPSA) is 88.3 Å². The van der Waals surface area contributed by atoms with Gasteiger partial charge in [0.1, 0.15) is 0 Å². The third-order valence-corrected chi connectivity index (χ3v) is 4.56. The molecule has 0 fully saturated rings. The van der Waals surface area contributed by atoms with Gasteiger partial charge in [0, 0.05) is 13.1 Å². The van der Waals surface area contributed by atoms with Gasteiger partial charge in [0.15, 0.2) is 0 Å². The van der Waals surface area contributed by atoms with Crippen molar-refractivity contribution < 1.29 is 14.0 Å². The molecule has 2 heterocycles. The van der Waals surface area contributed by atoms with Gasteiger partial charge in [-0.05, 0) is 25.3 Å². The highest BCUT2D eigenvalue weighted by atomic mass is 32.2. The number of nitrogens with zero attached hydrogens (tertiary/aromatic N) is 3. The van der Waals surface area contributed by atoms with Gasteiger partial charge in [-0.3, -0.25) is 9.59 Å². The Balaban J connectivity index is 1.86. The average Bonchev–Trinajstić information content (AvgIpc) is 3.21. The van der Waals surface area contributed by atoms with Crippen molar-refractivity contribution in [3.05, 3.63) is 17.5 Å². The number of amides is 2. The van der Waals surface area contributed by atoms with Crippen LogP contribution in [0.15, 0.2) is 27.2 Å². The van der Waals surface area contributed by atoms with Crippen molar-refractivity contribution in [1.29, 1.82) is 0 Å². The fourth-order valence-electron chi connectivity index (χ4n) is 1.79. The van der Waals surface area contributed by atoms with E-state index in [1.54, 1.807) is 0 Å². The van der Waals surface area contributed by atoms with Crippen LogP contribution in [0.3, 0.4) is 0 Å². The fraction of sp³-hybridized carbons (Fsp3) is 0.429. The van der Waals surface area contributed by atoms with Gasteiger partial charge >= 0.3 is 0 Å². The number of nitrogens with one attached hydrogen (secondary N) is 1. The van der Waals surface area contributed by atoms with E-state index < -0.39 is 0 Å². The largest absolute Gasteiger partial charge is 0.410 e. The summed E-state index contributed by atoms with van der Waals surface area (Å²) in [6.07, 6.45) is 0. The van der Waals surface area contributed by atoms with Crippen LogP contribution in [-0.2, 0) is 9.59 Å². The molecule has 0 radical (unpaired) electrons. The number of hydrogen-bond acceptors (Lipinski definition) is 7. The minimum atomic E-state index is -0.162. The predicted molar refractivity (Wildman–Crippen MR) is 89.3 cm³/mol. The molecular weight excluding hydrogens is 336 g/mol. The van der Waals surface area contributed by atoms with E-state index >= 15 is 0 Å². The molecule has 0 saturated carbocycles. The van der Waals surface area contributed by atoms with Gasteiger partial charge in [0.05, 0.1) is 17.2 Å². The molecule has 2 rings (SSSR count). The van der Waals surface area contributed by atoms with Crippen LogP contribution in [0, 0.1) is 0 Å². The summed E-state index contributed by atoms with van der Waals surface area (Å²) >= 11 is 2.68. The summed E-state index contributed by atoms with van der Waals surface area (Å²) in [7, 11) is 0. The maximum absolute atomic E-state index is 12.2. The normalized spacial score (nSPS) is 10.5. The van der Waals surface area contributed by atoms with Crippen molar-refractivity contribution >= 4 is 34.9 Å². The number of likely N-dealkylation sites (N-methyl/N-ethyl adjacent to an activating group) is 2. The molecule has 0 saturated heterocycles. The summed E-state index contributed by atoms with van der Waals surface area (Å²) in [6.45, 7) is 4.76. The van der Waals surface area contributed by atoms with Gasteiger partial charge in [-0.15, -0.1) is 21.5 Å². The lowest BCUT2D eigenvalue weighted by Gasteiger charge is -2.19. The quantitative estimate of drug-likeness (QED) is 0.728. The highest BCUT2D eigenvalue weighted by Gasteiger charge is 2.17. The molecule has 0 unspecified atom stereocenters. The van der Waals surface area contributed by atoms with E-state index in [1.165, 1.54) is 28.0 Å². The third kappa shape index (κ3) is 5.07. The number of rotatable bonds is 8. The van der Waals surface area contributed by atoms with Gasteiger partial charge in [-0.2, -0.15) is 0 Å². The molecular formula is C14H18N4O3S2. The Bertz CT molecular complexity index is 642. The molecule has 2 aromatic heterocycles. The Labute approximate surface area is 142 Å². The number of hydrogen-bond donors (Lipinski definition) is 1. The molecule has 0 aliphatic carbocycles. The van der Waals surface area contributed by atoms with E-state index in [1.807, 2.05) is 31.4 Å². The molecule has 2 aromatic rings. The first-order valence-electron chi connectivity index (χ1n) is 7.18. The lowest BCUT2D eigenvalue weighted by atomic mass is 10.4. The lowest BCUT2D eigenvalue weighted by molar-refractivity contribution is -0.133. The fourth-order valence-corrected chi connectivity index (χ4v) is 3.10. The monoisotopic (exact) mass is 354 g/mol. The molecule has 23 heavy (non-hydrogen) atoms. The van der Waals surface area contributed by atoms with E-state index in [2.05, 4.69) is 15.5 Å². The second-order valence-electron chi connectivity index (χ2n) is 4.50. The molecule has 0 aliphatic rings. The average molecular weight is 354 g/mol. The van der Waals surface area contributed by atoms with Crippen LogP contribution < -0.4 is 5.32 Å². The minimum absolute atomic E-state index is 0.0635. The van der Waals surface area contributed by atoms with Crippen molar-refractivity contribution in [2.75, 3.05) is 25.4 Å². The maximum atomic E-state index is 12.2. The molecule has 7 nitrogen and oxygen atoms in total. The van der Waals surface area contributed by atoms with Crippen molar-refractivity contribution in [1.82, 2.24) is 20.4 Å². The Morgan fingerprint density at radius 3 is 2.87 bits per heavy atom. The van der Waals surface area contributed by atoms with Crippen LogP contribution in [0.2, 0.25) is 0 Å². The van der Waals surface area contributed by atoms with Crippen LogP contribution in [0.4, 0.5) is 0 Å². The summed E-state index contributed by atoms with van der Waals surface area (Å²) in [5.41, 5.74) is 0. The second kappa shape index (κ2) is 8.68. The number of carbonyl (C=O) groups is 2. The molecule has 0 aromatic carbocycles. The lowest BCUT2D eigenvalue weighted by Crippen LogP contribution is -2.41. The standard InChI is InChI=1S/C14H18N4O3S2/c1-3-15-11(19)8-18(4-2)12(20)9-23-14-17-16-13(21-14)10-6-5-7-22-10/h5-7H,3-4,8-9H2,1-2H3,(H,15,19). The van der Waals surface area contributed by atoms with Crippen LogP contribution in [0.5, 0.6) is 0 Å². The zero-order valence-electron chi connectivity index (χ0n) is 12.9. The first-order chi connectivity index (χ1) is 11.1. The van der Waals surface area contributed by atoms with Crippen LogP contribution in [0.25, 0.3) is 10.8 Å². The number of thioether (sulfide) groups is 1. The van der Waals surface area contributed by atoms with E-state index in [0.29, 0.717) is 24.2 Å². The molecule has 2 amide bonds. The predicted octanol–water partition coefficient (Wildman–Crippen LogP) is 1.87. The Morgan fingerprint density at radius 2 is 2.22 bits per heavy atom. The highest BCUT2D eigenvalue weighted by Crippen LogP contribution is 2.26. The van der Waals surface area contributed by atoms with Crippen molar-refractivity contribution in [3.63, 3.8) is 0 Å². The van der Waals surface area contributed by atoms with Gasteiger partial charge in [0.2, 0.25) is 11.8 Å². The summed E-state index contributed by atoms with van der Waals surface area (Å²) in [6, 6.07) is 3.80. The Kier molecular flexibility index (Phi) is 6.60. The van der Waals surface area contributed by atoms with Gasteiger partial charge in [-0.1, -0.05) is 17.8 Å². The molecule has 0 spiro atoms. The summed E-state index contributed by atoms with van der Waals surface area (Å²) in [5.74, 6) is 0.300. The van der Waals surface area contributed by atoms with Crippen LogP contribution in [-0.4, -0.2) is 52.3 Å². The van der Waals surface area contributed by atoms with Gasteiger partial charge in [0.25, 0.3) is 11.1 Å². The van der Waals surface area contributed by atoms with Crippen LogP contribution in [0.1, 0.15) is 13.8 Å². The highest BCUT2D eigenvalue weighted by molar-refractivity contribution is 7.99. The maximum Gasteiger partial charge on any atom is 0.277 e. The summed E-state index contributed by atoms with van der Waals surface area (Å²) in [5, 5.41) is 12.8. The van der Waals surface area contributed by atoms with Crippen LogP contribution >= 0.6 is 23.1 Å². The van der Waals surface area contributed by atoms with Crippen molar-refractivity contribution in [2.24, 2.45) is 0 Å². The Morgan fingerprint density at radius 1 is 1.39 bits per heavy atom. The first kappa shape index (κ1) is 17.5. The molecule has 0 atom stereocenters. The molecule has 0 aliphatic heterocycles. The SMILES string of the molecule is CCNC(=O)CN(CC)C(=O)CSc1nnc(-c2cccs2)o1. The first-order valence-corrected chi connectivity index (χ1v) is 9.05. The minimum Gasteiger partial charge on any atom is -0.410 e. The molecule has 0 bridgehead atoms.